The number of halogens is 1. The molecule has 0 fully saturated rings. The molecule has 3 nitrogen and oxygen atoms in total. The summed E-state index contributed by atoms with van der Waals surface area (Å²) < 4.78 is 1.47. The van der Waals surface area contributed by atoms with Gasteiger partial charge in [-0.1, -0.05) is 11.6 Å². The van der Waals surface area contributed by atoms with Crippen LogP contribution in [0, 0.1) is 0 Å². The fourth-order valence-electron chi connectivity index (χ4n) is 1.07. The smallest absolute Gasteiger partial charge is 0.253 e. The van der Waals surface area contributed by atoms with E-state index in [-0.39, 0.29) is 5.56 Å². The fraction of sp³-hybridized carbons (Fsp3) is 0.375. The molecule has 2 N–H and O–H groups in total. The molecule has 0 saturated carbocycles. The minimum Gasteiger partial charge on any atom is -0.330 e. The van der Waals surface area contributed by atoms with Gasteiger partial charge in [-0.15, -0.1) is 0 Å². The summed E-state index contributed by atoms with van der Waals surface area (Å²) in [6.45, 7) is 0.468. The molecule has 1 aromatic heterocycles. The molecule has 0 atom stereocenters. The molecule has 0 aliphatic carbocycles. The van der Waals surface area contributed by atoms with E-state index in [0.717, 1.165) is 0 Å². The summed E-state index contributed by atoms with van der Waals surface area (Å²) in [5.74, 6) is 0. The molecule has 4 heteroatoms. The molecule has 0 aliphatic heterocycles. The number of nitrogens with two attached hydrogens (primary N) is 1. The first-order chi connectivity index (χ1) is 5.65. The lowest BCUT2D eigenvalue weighted by Gasteiger charge is -2.02. The molecular formula is C8H11ClN2O. The molecule has 0 amide bonds. The normalized spacial score (nSPS) is 10.2. The Kier molecular flexibility index (Phi) is 2.89. The van der Waals surface area contributed by atoms with Crippen molar-refractivity contribution < 1.29 is 0 Å². The van der Waals surface area contributed by atoms with Gasteiger partial charge in [0.05, 0.1) is 5.02 Å². The predicted octanol–water partition coefficient (Wildman–Crippen LogP) is 0.540. The minimum absolute atomic E-state index is 0.0233. The number of hydrogen-bond acceptors (Lipinski definition) is 2. The lowest BCUT2D eigenvalue weighted by Crippen LogP contribution is -2.22. The molecule has 1 aromatic rings. The Morgan fingerprint density at radius 3 is 2.92 bits per heavy atom. The lowest BCUT2D eigenvalue weighted by atomic mass is 10.2. The SMILES string of the molecule is Cn1cc(Cl)cc(CCN)c1=O. The van der Waals surface area contributed by atoms with Gasteiger partial charge in [0, 0.05) is 18.8 Å². The zero-order valence-corrected chi connectivity index (χ0v) is 7.64. The van der Waals surface area contributed by atoms with Crippen molar-refractivity contribution in [3.05, 3.63) is 33.2 Å². The highest BCUT2D eigenvalue weighted by atomic mass is 35.5. The highest BCUT2D eigenvalue weighted by Crippen LogP contribution is 2.06. The van der Waals surface area contributed by atoms with Gasteiger partial charge < -0.3 is 10.3 Å². The summed E-state index contributed by atoms with van der Waals surface area (Å²) in [6, 6.07) is 1.66. The van der Waals surface area contributed by atoms with Crippen LogP contribution in [-0.4, -0.2) is 11.1 Å². The first-order valence-electron chi connectivity index (χ1n) is 3.70. The van der Waals surface area contributed by atoms with E-state index in [0.29, 0.717) is 23.6 Å². The Labute approximate surface area is 75.8 Å². The quantitative estimate of drug-likeness (QED) is 0.733. The molecule has 0 saturated heterocycles. The Morgan fingerprint density at radius 1 is 1.67 bits per heavy atom. The molecule has 12 heavy (non-hydrogen) atoms. The van der Waals surface area contributed by atoms with E-state index < -0.39 is 0 Å². The number of aromatic nitrogens is 1. The average molecular weight is 187 g/mol. The van der Waals surface area contributed by atoms with Crippen LogP contribution < -0.4 is 11.3 Å². The molecule has 0 aliphatic rings. The zero-order chi connectivity index (χ0) is 9.14. The molecule has 0 bridgehead atoms. The lowest BCUT2D eigenvalue weighted by molar-refractivity contribution is 0.822. The molecular weight excluding hydrogens is 176 g/mol. The second-order valence-electron chi connectivity index (χ2n) is 2.64. The standard InChI is InChI=1S/C8H11ClN2O/c1-11-5-7(9)4-6(2-3-10)8(11)12/h4-5H,2-3,10H2,1H3. The van der Waals surface area contributed by atoms with Crippen molar-refractivity contribution in [2.75, 3.05) is 6.54 Å². The zero-order valence-electron chi connectivity index (χ0n) is 6.88. The van der Waals surface area contributed by atoms with Crippen LogP contribution >= 0.6 is 11.6 Å². The third-order valence-corrected chi connectivity index (χ3v) is 1.84. The van der Waals surface area contributed by atoms with Crippen LogP contribution in [0.5, 0.6) is 0 Å². The second kappa shape index (κ2) is 3.74. The van der Waals surface area contributed by atoms with E-state index >= 15 is 0 Å². The molecule has 1 rings (SSSR count). The number of aryl methyl sites for hydroxylation is 1. The maximum Gasteiger partial charge on any atom is 0.253 e. The Morgan fingerprint density at radius 2 is 2.33 bits per heavy atom. The van der Waals surface area contributed by atoms with E-state index in [1.165, 1.54) is 4.57 Å². The monoisotopic (exact) mass is 186 g/mol. The van der Waals surface area contributed by atoms with Crippen molar-refractivity contribution >= 4 is 11.6 Å². The fourth-order valence-corrected chi connectivity index (χ4v) is 1.35. The van der Waals surface area contributed by atoms with Crippen molar-refractivity contribution in [1.29, 1.82) is 0 Å². The Bertz CT molecular complexity index is 332. The second-order valence-corrected chi connectivity index (χ2v) is 3.07. The summed E-state index contributed by atoms with van der Waals surface area (Å²) in [5.41, 5.74) is 5.99. The van der Waals surface area contributed by atoms with Gasteiger partial charge in [-0.25, -0.2) is 0 Å². The molecule has 0 unspecified atom stereocenters. The van der Waals surface area contributed by atoms with E-state index in [9.17, 15) is 4.79 Å². The number of hydrogen-bond donors (Lipinski definition) is 1. The summed E-state index contributed by atoms with van der Waals surface area (Å²) >= 11 is 5.76. The molecule has 1 heterocycles. The molecule has 0 radical (unpaired) electrons. The predicted molar refractivity (Wildman–Crippen MR) is 49.5 cm³/mol. The van der Waals surface area contributed by atoms with Crippen LogP contribution in [0.15, 0.2) is 17.1 Å². The molecule has 66 valence electrons. The largest absolute Gasteiger partial charge is 0.330 e. The van der Waals surface area contributed by atoms with Crippen LogP contribution in [0.1, 0.15) is 5.56 Å². The van der Waals surface area contributed by atoms with Gasteiger partial charge in [0.2, 0.25) is 0 Å². The first-order valence-corrected chi connectivity index (χ1v) is 4.08. The van der Waals surface area contributed by atoms with Crippen LogP contribution in [0.2, 0.25) is 5.02 Å². The maximum absolute atomic E-state index is 11.4. The Hall–Kier alpha value is -0.800. The van der Waals surface area contributed by atoms with E-state index in [1.54, 1.807) is 19.3 Å². The van der Waals surface area contributed by atoms with Crippen LogP contribution in [0.25, 0.3) is 0 Å². The first kappa shape index (κ1) is 9.29. The van der Waals surface area contributed by atoms with Crippen molar-refractivity contribution in [1.82, 2.24) is 4.57 Å². The van der Waals surface area contributed by atoms with Crippen molar-refractivity contribution in [2.24, 2.45) is 12.8 Å². The number of nitrogens with zero attached hydrogens (tertiary/aromatic N) is 1. The van der Waals surface area contributed by atoms with Crippen molar-refractivity contribution in [3.63, 3.8) is 0 Å². The van der Waals surface area contributed by atoms with Gasteiger partial charge in [0.15, 0.2) is 0 Å². The summed E-state index contributed by atoms with van der Waals surface area (Å²) in [5, 5.41) is 0.570. The number of rotatable bonds is 2. The van der Waals surface area contributed by atoms with Crippen molar-refractivity contribution in [2.45, 2.75) is 6.42 Å². The average Bonchev–Trinajstić information content (AvgIpc) is 2.00. The molecule has 0 aromatic carbocycles. The van der Waals surface area contributed by atoms with Gasteiger partial charge >= 0.3 is 0 Å². The van der Waals surface area contributed by atoms with E-state index in [1.807, 2.05) is 0 Å². The van der Waals surface area contributed by atoms with E-state index in [2.05, 4.69) is 0 Å². The summed E-state index contributed by atoms with van der Waals surface area (Å²) in [7, 11) is 1.67. The number of pyridine rings is 1. The summed E-state index contributed by atoms with van der Waals surface area (Å²) in [6.07, 6.45) is 2.16. The van der Waals surface area contributed by atoms with Gasteiger partial charge in [-0.2, -0.15) is 0 Å². The van der Waals surface area contributed by atoms with Crippen LogP contribution in [0.3, 0.4) is 0 Å². The van der Waals surface area contributed by atoms with Gasteiger partial charge in [-0.3, -0.25) is 4.79 Å². The topological polar surface area (TPSA) is 48.0 Å². The third kappa shape index (κ3) is 1.87. The van der Waals surface area contributed by atoms with Crippen LogP contribution in [-0.2, 0) is 13.5 Å². The van der Waals surface area contributed by atoms with E-state index in [4.69, 9.17) is 17.3 Å². The van der Waals surface area contributed by atoms with Gasteiger partial charge in [-0.05, 0) is 19.0 Å². The van der Waals surface area contributed by atoms with Crippen molar-refractivity contribution in [3.8, 4) is 0 Å². The van der Waals surface area contributed by atoms with Crippen LogP contribution in [0.4, 0.5) is 0 Å². The highest BCUT2D eigenvalue weighted by molar-refractivity contribution is 6.30. The summed E-state index contributed by atoms with van der Waals surface area (Å²) in [4.78, 5) is 11.4. The van der Waals surface area contributed by atoms with Gasteiger partial charge in [0.1, 0.15) is 0 Å². The third-order valence-electron chi connectivity index (χ3n) is 1.64. The van der Waals surface area contributed by atoms with Gasteiger partial charge in [0.25, 0.3) is 5.56 Å². The maximum atomic E-state index is 11.4. The Balaban J connectivity index is 3.19. The molecule has 0 spiro atoms. The highest BCUT2D eigenvalue weighted by Gasteiger charge is 2.01. The minimum atomic E-state index is -0.0233.